The van der Waals surface area contributed by atoms with Crippen LogP contribution in [-0.2, 0) is 10.0 Å². The van der Waals surface area contributed by atoms with E-state index in [9.17, 15) is 8.42 Å². The van der Waals surface area contributed by atoms with Crippen LogP contribution >= 0.6 is 23.4 Å². The van der Waals surface area contributed by atoms with E-state index in [2.05, 4.69) is 17.4 Å². The van der Waals surface area contributed by atoms with E-state index in [-0.39, 0.29) is 10.9 Å². The summed E-state index contributed by atoms with van der Waals surface area (Å²) in [6, 6.07) is 12.6. The van der Waals surface area contributed by atoms with Gasteiger partial charge in [0.2, 0.25) is 10.0 Å². The molecule has 3 rings (SSSR count). The molecule has 4 nitrogen and oxygen atoms in total. The van der Waals surface area contributed by atoms with Crippen molar-refractivity contribution in [1.82, 2.24) is 0 Å². The van der Waals surface area contributed by atoms with Crippen LogP contribution in [-0.4, -0.2) is 14.2 Å². The van der Waals surface area contributed by atoms with E-state index < -0.39 is 10.0 Å². The van der Waals surface area contributed by atoms with Crippen LogP contribution in [0.2, 0.25) is 5.02 Å². The molecule has 1 aliphatic heterocycles. The summed E-state index contributed by atoms with van der Waals surface area (Å²) in [6.07, 6.45) is 0. The van der Waals surface area contributed by atoms with Gasteiger partial charge in [0.15, 0.2) is 0 Å². The number of hydrogen-bond acceptors (Lipinski definition) is 4. The van der Waals surface area contributed by atoms with Crippen molar-refractivity contribution in [3.63, 3.8) is 0 Å². The van der Waals surface area contributed by atoms with Crippen molar-refractivity contribution in [1.29, 1.82) is 0 Å². The van der Waals surface area contributed by atoms with E-state index in [1.165, 1.54) is 28.7 Å². The molecule has 7 heteroatoms. The summed E-state index contributed by atoms with van der Waals surface area (Å²) in [5.41, 5.74) is 1.77. The number of halogens is 1. The normalized spacial score (nSPS) is 17.5. The van der Waals surface area contributed by atoms with Crippen molar-refractivity contribution in [2.24, 2.45) is 5.14 Å². The Kier molecular flexibility index (Phi) is 3.88. The predicted molar refractivity (Wildman–Crippen MR) is 86.4 cm³/mol. The molecule has 1 heterocycles. The van der Waals surface area contributed by atoms with Crippen LogP contribution in [0.4, 0.5) is 5.69 Å². The van der Waals surface area contributed by atoms with Gasteiger partial charge in [-0.1, -0.05) is 29.8 Å². The van der Waals surface area contributed by atoms with Crippen LogP contribution in [0.1, 0.15) is 11.6 Å². The van der Waals surface area contributed by atoms with Gasteiger partial charge >= 0.3 is 0 Å². The Morgan fingerprint density at radius 3 is 2.76 bits per heavy atom. The van der Waals surface area contributed by atoms with Gasteiger partial charge in [0.25, 0.3) is 0 Å². The van der Waals surface area contributed by atoms with E-state index in [4.69, 9.17) is 16.7 Å². The lowest BCUT2D eigenvalue weighted by molar-refractivity contribution is 0.598. The lowest BCUT2D eigenvalue weighted by Gasteiger charge is -2.16. The minimum absolute atomic E-state index is 0.0494. The predicted octanol–water partition coefficient (Wildman–Crippen LogP) is 3.25. The average Bonchev–Trinajstić information content (AvgIpc) is 2.83. The molecule has 0 spiro atoms. The van der Waals surface area contributed by atoms with Crippen molar-refractivity contribution in [3.8, 4) is 0 Å². The molecule has 0 aromatic heterocycles. The van der Waals surface area contributed by atoms with E-state index >= 15 is 0 Å². The molecule has 0 aliphatic carbocycles. The van der Waals surface area contributed by atoms with E-state index in [0.29, 0.717) is 10.7 Å². The third kappa shape index (κ3) is 3.03. The second-order valence-electron chi connectivity index (χ2n) is 4.73. The van der Waals surface area contributed by atoms with Gasteiger partial charge in [-0.25, -0.2) is 13.6 Å². The Morgan fingerprint density at radius 1 is 1.24 bits per heavy atom. The molecule has 110 valence electrons. The molecule has 1 unspecified atom stereocenters. The largest absolute Gasteiger partial charge is 0.376 e. The monoisotopic (exact) mass is 340 g/mol. The third-order valence-corrected chi connectivity index (χ3v) is 5.72. The SMILES string of the molecule is NS(=O)(=O)c1ccc(Cl)c(NC2CSc3ccccc32)c1. The molecule has 1 atom stereocenters. The maximum atomic E-state index is 11.4. The van der Waals surface area contributed by atoms with Gasteiger partial charge in [0.1, 0.15) is 0 Å². The van der Waals surface area contributed by atoms with Crippen molar-refractivity contribution in [3.05, 3.63) is 53.1 Å². The van der Waals surface area contributed by atoms with E-state index in [1.54, 1.807) is 11.8 Å². The summed E-state index contributed by atoms with van der Waals surface area (Å²) in [5, 5.41) is 8.93. The molecular formula is C14H13ClN2O2S2. The topological polar surface area (TPSA) is 72.2 Å². The highest BCUT2D eigenvalue weighted by molar-refractivity contribution is 7.99. The molecule has 0 fully saturated rings. The molecular weight excluding hydrogens is 328 g/mol. The minimum Gasteiger partial charge on any atom is -0.376 e. The highest BCUT2D eigenvalue weighted by Gasteiger charge is 2.23. The van der Waals surface area contributed by atoms with Gasteiger partial charge in [-0.3, -0.25) is 0 Å². The van der Waals surface area contributed by atoms with Crippen LogP contribution in [0.5, 0.6) is 0 Å². The molecule has 1 aliphatic rings. The fourth-order valence-electron chi connectivity index (χ4n) is 2.26. The molecule has 0 amide bonds. The zero-order valence-corrected chi connectivity index (χ0v) is 13.3. The number of rotatable bonds is 3. The number of primary sulfonamides is 1. The van der Waals surface area contributed by atoms with Crippen molar-refractivity contribution < 1.29 is 8.42 Å². The molecule has 0 bridgehead atoms. The fourth-order valence-corrected chi connectivity index (χ4v) is 4.13. The Hall–Kier alpha value is -1.21. The van der Waals surface area contributed by atoms with Crippen molar-refractivity contribution >= 4 is 39.1 Å². The van der Waals surface area contributed by atoms with Gasteiger partial charge in [-0.15, -0.1) is 11.8 Å². The maximum Gasteiger partial charge on any atom is 0.238 e. The van der Waals surface area contributed by atoms with Crippen LogP contribution in [0, 0.1) is 0 Å². The molecule has 0 radical (unpaired) electrons. The highest BCUT2D eigenvalue weighted by atomic mass is 35.5. The summed E-state index contributed by atoms with van der Waals surface area (Å²) in [6.45, 7) is 0. The fraction of sp³-hybridized carbons (Fsp3) is 0.143. The van der Waals surface area contributed by atoms with Crippen LogP contribution < -0.4 is 10.5 Å². The maximum absolute atomic E-state index is 11.4. The van der Waals surface area contributed by atoms with Crippen LogP contribution in [0.15, 0.2) is 52.3 Å². The first-order valence-electron chi connectivity index (χ1n) is 6.26. The van der Waals surface area contributed by atoms with Gasteiger partial charge in [0.05, 0.1) is 21.6 Å². The number of hydrogen-bond donors (Lipinski definition) is 2. The third-order valence-electron chi connectivity index (χ3n) is 3.30. The second kappa shape index (κ2) is 5.53. The molecule has 0 saturated heterocycles. The Bertz CT molecular complexity index is 793. The molecule has 21 heavy (non-hydrogen) atoms. The van der Waals surface area contributed by atoms with Gasteiger partial charge in [-0.2, -0.15) is 0 Å². The smallest absolute Gasteiger partial charge is 0.238 e. The number of nitrogens with two attached hydrogens (primary N) is 1. The van der Waals surface area contributed by atoms with E-state index in [1.807, 2.05) is 12.1 Å². The first-order chi connectivity index (χ1) is 9.95. The van der Waals surface area contributed by atoms with E-state index in [0.717, 1.165) is 5.75 Å². The quantitative estimate of drug-likeness (QED) is 0.899. The van der Waals surface area contributed by atoms with Gasteiger partial charge < -0.3 is 5.32 Å². The second-order valence-corrected chi connectivity index (χ2v) is 7.76. The van der Waals surface area contributed by atoms with Crippen LogP contribution in [0.25, 0.3) is 0 Å². The standard InChI is InChI=1S/C14H13ClN2O2S2/c15-11-6-5-9(21(16,18)19)7-12(11)17-13-8-20-14-4-2-1-3-10(13)14/h1-7,13,17H,8H2,(H2,16,18,19). The number of anilines is 1. The first kappa shape index (κ1) is 14.7. The lowest BCUT2D eigenvalue weighted by Crippen LogP contribution is -2.14. The highest BCUT2D eigenvalue weighted by Crippen LogP contribution is 2.40. The van der Waals surface area contributed by atoms with Gasteiger partial charge in [0, 0.05) is 10.6 Å². The number of nitrogens with one attached hydrogen (secondary N) is 1. The Labute approximate surface area is 132 Å². The van der Waals surface area contributed by atoms with Crippen LogP contribution in [0.3, 0.4) is 0 Å². The summed E-state index contributed by atoms with van der Waals surface area (Å²) in [5.74, 6) is 0.870. The zero-order valence-electron chi connectivity index (χ0n) is 10.9. The summed E-state index contributed by atoms with van der Waals surface area (Å²) < 4.78 is 22.9. The van der Waals surface area contributed by atoms with Gasteiger partial charge in [-0.05, 0) is 29.8 Å². The van der Waals surface area contributed by atoms with Crippen molar-refractivity contribution in [2.45, 2.75) is 15.8 Å². The molecule has 0 saturated carbocycles. The number of sulfonamides is 1. The molecule has 2 aromatic rings. The Morgan fingerprint density at radius 2 is 2.00 bits per heavy atom. The minimum atomic E-state index is -3.74. The van der Waals surface area contributed by atoms with Crippen molar-refractivity contribution in [2.75, 3.05) is 11.1 Å². The average molecular weight is 341 g/mol. The summed E-state index contributed by atoms with van der Waals surface area (Å²) in [7, 11) is -3.74. The summed E-state index contributed by atoms with van der Waals surface area (Å²) in [4.78, 5) is 1.28. The number of thioether (sulfide) groups is 1. The Balaban J connectivity index is 1.93. The number of fused-ring (bicyclic) bond motifs is 1. The summed E-state index contributed by atoms with van der Waals surface area (Å²) >= 11 is 7.91. The molecule has 2 aromatic carbocycles. The number of benzene rings is 2. The lowest BCUT2D eigenvalue weighted by atomic mass is 10.1. The first-order valence-corrected chi connectivity index (χ1v) is 9.17. The molecule has 3 N–H and O–H groups in total. The zero-order chi connectivity index (χ0) is 15.0.